The number of pyridine rings is 1. The highest BCUT2D eigenvalue weighted by Crippen LogP contribution is 2.18. The lowest BCUT2D eigenvalue weighted by molar-refractivity contribution is 1.13. The number of aryl methyl sites for hydroxylation is 1. The highest BCUT2D eigenvalue weighted by molar-refractivity contribution is 6.89. The predicted octanol–water partition coefficient (Wildman–Crippen LogP) is 3.86. The van der Waals surface area contributed by atoms with Gasteiger partial charge in [-0.2, -0.15) is 0 Å². The third-order valence-electron chi connectivity index (χ3n) is 3.07. The molecule has 0 amide bonds. The molecule has 1 aromatic heterocycles. The molecular formula is C16H21NSi. The Balaban J connectivity index is 2.56. The van der Waals surface area contributed by atoms with E-state index in [0.717, 1.165) is 17.7 Å². The fourth-order valence-electron chi connectivity index (χ4n) is 2.08. The van der Waals surface area contributed by atoms with Gasteiger partial charge in [-0.05, 0) is 23.2 Å². The summed E-state index contributed by atoms with van der Waals surface area (Å²) in [5, 5.41) is 1.36. The summed E-state index contributed by atoms with van der Waals surface area (Å²) in [6.07, 6.45) is 2.91. The van der Waals surface area contributed by atoms with Crippen LogP contribution in [0.3, 0.4) is 0 Å². The van der Waals surface area contributed by atoms with Crippen LogP contribution in [0.25, 0.3) is 11.3 Å². The van der Waals surface area contributed by atoms with Crippen molar-refractivity contribution in [1.82, 2.24) is 4.98 Å². The maximum atomic E-state index is 7.76. The van der Waals surface area contributed by atoms with E-state index in [2.05, 4.69) is 37.6 Å². The Labute approximate surface area is 115 Å². The number of rotatable bonds is 3. The molecule has 0 saturated carbocycles. The molecule has 18 heavy (non-hydrogen) atoms. The van der Waals surface area contributed by atoms with Crippen molar-refractivity contribution in [3.8, 4) is 11.3 Å². The first-order valence-corrected chi connectivity index (χ1v) is 9.81. The summed E-state index contributed by atoms with van der Waals surface area (Å²) in [6, 6.07) is 5.43. The second-order valence-electron chi connectivity index (χ2n) is 5.49. The van der Waals surface area contributed by atoms with Gasteiger partial charge in [-0.15, -0.1) is 0 Å². The summed E-state index contributed by atoms with van der Waals surface area (Å²) < 4.78 is 23.1. The first-order chi connectivity index (χ1) is 9.74. The van der Waals surface area contributed by atoms with Gasteiger partial charge < -0.3 is 0 Å². The van der Waals surface area contributed by atoms with Crippen LogP contribution in [-0.4, -0.2) is 13.1 Å². The number of hydrogen-bond donors (Lipinski definition) is 0. The molecule has 2 aromatic rings. The molecule has 1 aromatic carbocycles. The Kier molecular flexibility index (Phi) is 2.68. The molecule has 1 heterocycles. The molecule has 0 aliphatic rings. The molecule has 94 valence electrons. The number of benzene rings is 1. The van der Waals surface area contributed by atoms with Crippen molar-refractivity contribution in [1.29, 1.82) is 0 Å². The fourth-order valence-corrected chi connectivity index (χ4v) is 3.75. The molecule has 2 heteroatoms. The summed E-state index contributed by atoms with van der Waals surface area (Å²) in [4.78, 5) is 4.54. The van der Waals surface area contributed by atoms with Crippen LogP contribution in [0.5, 0.6) is 0 Å². The zero-order valence-electron chi connectivity index (χ0n) is 14.5. The number of hydrogen-bond acceptors (Lipinski definition) is 1. The Morgan fingerprint density at radius 2 is 1.83 bits per heavy atom. The fraction of sp³-hybridized carbons (Fsp3) is 0.312. The van der Waals surface area contributed by atoms with Crippen LogP contribution < -0.4 is 5.19 Å². The van der Waals surface area contributed by atoms with Gasteiger partial charge in [0.15, 0.2) is 0 Å². The third-order valence-corrected chi connectivity index (χ3v) is 5.14. The average Bonchev–Trinajstić information content (AvgIpc) is 2.42. The predicted molar refractivity (Wildman–Crippen MR) is 82.0 cm³/mol. The minimum Gasteiger partial charge on any atom is -0.256 e. The molecule has 0 saturated heterocycles. The summed E-state index contributed by atoms with van der Waals surface area (Å²) in [6.45, 7) is 9.06. The van der Waals surface area contributed by atoms with Gasteiger partial charge in [-0.3, -0.25) is 4.98 Å². The van der Waals surface area contributed by atoms with E-state index >= 15 is 0 Å². The minimum absolute atomic E-state index is 0.0341. The van der Waals surface area contributed by atoms with Crippen molar-refractivity contribution in [3.05, 3.63) is 48.1 Å². The normalized spacial score (nSPS) is 13.9. The minimum atomic E-state index is -1.42. The number of nitrogens with zero attached hydrogens (tertiary/aromatic N) is 1. The lowest BCUT2D eigenvalue weighted by Crippen LogP contribution is -2.40. The quantitative estimate of drug-likeness (QED) is 0.762. The van der Waals surface area contributed by atoms with Crippen molar-refractivity contribution < 1.29 is 4.11 Å². The van der Waals surface area contributed by atoms with E-state index in [-0.39, 0.29) is 18.1 Å². The van der Waals surface area contributed by atoms with Crippen LogP contribution in [0.2, 0.25) is 19.6 Å². The van der Waals surface area contributed by atoms with Crippen LogP contribution in [0.15, 0.2) is 42.5 Å². The lowest BCUT2D eigenvalue weighted by atomic mass is 10.1. The van der Waals surface area contributed by atoms with Crippen molar-refractivity contribution in [3.63, 3.8) is 0 Å². The largest absolute Gasteiger partial charge is 0.256 e. The van der Waals surface area contributed by atoms with Crippen LogP contribution in [-0.2, 0) is 6.42 Å². The SMILES string of the molecule is [2H]c1cc(-c2cc(CC)c([Si](C)(C)C)cn2)cc([2H])c1[2H]. The monoisotopic (exact) mass is 258 g/mol. The van der Waals surface area contributed by atoms with Crippen LogP contribution in [0.1, 0.15) is 16.6 Å². The molecule has 0 radical (unpaired) electrons. The Hall–Kier alpha value is -1.41. The van der Waals surface area contributed by atoms with Gasteiger partial charge in [-0.1, -0.05) is 56.8 Å². The number of aromatic nitrogens is 1. The van der Waals surface area contributed by atoms with Gasteiger partial charge in [0.25, 0.3) is 0 Å². The van der Waals surface area contributed by atoms with Crippen LogP contribution in [0, 0.1) is 0 Å². The molecule has 2 rings (SSSR count). The standard InChI is InChI=1S/C16H21NSi/c1-5-13-11-15(14-9-7-6-8-10-14)17-12-16(13)18(2,3)4/h6-12H,5H2,1-4H3/i6D,7D,8D. The van der Waals surface area contributed by atoms with Gasteiger partial charge in [-0.25, -0.2) is 0 Å². The van der Waals surface area contributed by atoms with Crippen LogP contribution in [0.4, 0.5) is 0 Å². The highest BCUT2D eigenvalue weighted by Gasteiger charge is 2.20. The molecule has 0 aliphatic carbocycles. The molecule has 0 aliphatic heterocycles. The first-order valence-electron chi connectivity index (χ1n) is 7.81. The molecule has 0 bridgehead atoms. The van der Waals surface area contributed by atoms with Crippen molar-refractivity contribution in [2.75, 3.05) is 0 Å². The zero-order chi connectivity index (χ0) is 15.8. The van der Waals surface area contributed by atoms with Crippen molar-refractivity contribution >= 4 is 13.3 Å². The van der Waals surface area contributed by atoms with E-state index in [1.807, 2.05) is 6.20 Å². The van der Waals surface area contributed by atoms with Crippen LogP contribution >= 0.6 is 0 Å². The van der Waals surface area contributed by atoms with E-state index in [4.69, 9.17) is 4.11 Å². The van der Waals surface area contributed by atoms with Gasteiger partial charge >= 0.3 is 0 Å². The second-order valence-corrected chi connectivity index (χ2v) is 10.5. The maximum absolute atomic E-state index is 7.76. The van der Waals surface area contributed by atoms with E-state index in [9.17, 15) is 0 Å². The van der Waals surface area contributed by atoms with E-state index in [0.29, 0.717) is 0 Å². The van der Waals surface area contributed by atoms with E-state index < -0.39 is 8.07 Å². The second kappa shape index (κ2) is 5.07. The topological polar surface area (TPSA) is 12.9 Å². The van der Waals surface area contributed by atoms with Gasteiger partial charge in [0.2, 0.25) is 0 Å². The van der Waals surface area contributed by atoms with Gasteiger partial charge in [0.05, 0.1) is 17.9 Å². The molecule has 0 atom stereocenters. The Morgan fingerprint density at radius 1 is 1.17 bits per heavy atom. The zero-order valence-corrected chi connectivity index (χ0v) is 12.5. The average molecular weight is 258 g/mol. The highest BCUT2D eigenvalue weighted by atomic mass is 28.3. The molecule has 1 nitrogen and oxygen atoms in total. The molecular weight excluding hydrogens is 234 g/mol. The Bertz CT molecular complexity index is 655. The summed E-state index contributed by atoms with van der Waals surface area (Å²) in [7, 11) is -1.42. The summed E-state index contributed by atoms with van der Waals surface area (Å²) in [5.74, 6) is 0. The van der Waals surface area contributed by atoms with Crippen molar-refractivity contribution in [2.24, 2.45) is 0 Å². The third kappa shape index (κ3) is 2.70. The first kappa shape index (κ1) is 9.51. The van der Waals surface area contributed by atoms with Gasteiger partial charge in [0, 0.05) is 11.8 Å². The lowest BCUT2D eigenvalue weighted by Gasteiger charge is -2.20. The van der Waals surface area contributed by atoms with Gasteiger partial charge in [0.1, 0.15) is 0 Å². The molecule has 0 N–H and O–H groups in total. The molecule has 0 unspecified atom stereocenters. The van der Waals surface area contributed by atoms with Crippen molar-refractivity contribution in [2.45, 2.75) is 33.0 Å². The summed E-state index contributed by atoms with van der Waals surface area (Å²) in [5.41, 5.74) is 2.83. The van der Waals surface area contributed by atoms with E-state index in [1.165, 1.54) is 10.8 Å². The maximum Gasteiger partial charge on any atom is 0.0799 e. The molecule has 0 fully saturated rings. The summed E-state index contributed by atoms with van der Waals surface area (Å²) >= 11 is 0. The smallest absolute Gasteiger partial charge is 0.0799 e. The van der Waals surface area contributed by atoms with E-state index in [1.54, 1.807) is 12.1 Å². The molecule has 0 spiro atoms. The Morgan fingerprint density at radius 3 is 2.39 bits per heavy atom.